The Morgan fingerprint density at radius 1 is 0.815 bits per heavy atom. The van der Waals surface area contributed by atoms with Gasteiger partial charge in [0, 0.05) is 24.2 Å². The molecule has 5 nitrogen and oxygen atoms in total. The first-order valence-electron chi connectivity index (χ1n) is 9.30. The third kappa shape index (κ3) is 4.30. The summed E-state index contributed by atoms with van der Waals surface area (Å²) in [5, 5.41) is 0. The molecule has 0 aliphatic carbocycles. The quantitative estimate of drug-likeness (QED) is 0.751. The highest BCUT2D eigenvalue weighted by Gasteiger charge is 2.19. The van der Waals surface area contributed by atoms with Gasteiger partial charge in [0.15, 0.2) is 5.78 Å². The van der Waals surface area contributed by atoms with Gasteiger partial charge in [0.2, 0.25) is 0 Å². The second-order valence-electron chi connectivity index (χ2n) is 6.68. The average molecular weight is 367 g/mol. The number of likely N-dealkylation sites (tertiary alicyclic amines) is 1. The topological polar surface area (TPSA) is 55.8 Å². The van der Waals surface area contributed by atoms with Crippen LogP contribution in [-0.2, 0) is 0 Å². The minimum Gasteiger partial charge on any atom is -0.497 e. The average Bonchev–Trinajstić information content (AvgIpc) is 3.02. The molecule has 3 rings (SSSR count). The van der Waals surface area contributed by atoms with E-state index in [0.29, 0.717) is 28.2 Å². The maximum Gasteiger partial charge on any atom is 0.253 e. The smallest absolute Gasteiger partial charge is 0.253 e. The van der Waals surface area contributed by atoms with Crippen molar-refractivity contribution >= 4 is 11.7 Å². The van der Waals surface area contributed by atoms with Gasteiger partial charge in [-0.05, 0) is 43.2 Å². The van der Waals surface area contributed by atoms with Crippen LogP contribution in [0.3, 0.4) is 0 Å². The minimum absolute atomic E-state index is 0.0369. The van der Waals surface area contributed by atoms with E-state index in [-0.39, 0.29) is 11.7 Å². The number of nitrogens with zero attached hydrogens (tertiary/aromatic N) is 1. The molecule has 0 spiro atoms. The van der Waals surface area contributed by atoms with Crippen LogP contribution in [0.5, 0.6) is 11.5 Å². The van der Waals surface area contributed by atoms with E-state index < -0.39 is 0 Å². The van der Waals surface area contributed by atoms with Crippen molar-refractivity contribution in [1.29, 1.82) is 0 Å². The van der Waals surface area contributed by atoms with Crippen LogP contribution in [0.25, 0.3) is 0 Å². The molecule has 142 valence electrons. The Morgan fingerprint density at radius 2 is 1.44 bits per heavy atom. The lowest BCUT2D eigenvalue weighted by atomic mass is 10.0. The SMILES string of the molecule is COc1ccc(OC)c(C(=O)c2ccc(C(=O)N3CCCCCC3)cc2)c1. The fraction of sp³-hybridized carbons (Fsp3) is 0.364. The highest BCUT2D eigenvalue weighted by Crippen LogP contribution is 2.26. The van der Waals surface area contributed by atoms with E-state index in [2.05, 4.69) is 0 Å². The van der Waals surface area contributed by atoms with Gasteiger partial charge in [-0.1, -0.05) is 25.0 Å². The molecule has 0 radical (unpaired) electrons. The third-order valence-electron chi connectivity index (χ3n) is 4.94. The van der Waals surface area contributed by atoms with E-state index in [0.717, 1.165) is 25.9 Å². The largest absolute Gasteiger partial charge is 0.497 e. The summed E-state index contributed by atoms with van der Waals surface area (Å²) in [6.07, 6.45) is 4.47. The third-order valence-corrected chi connectivity index (χ3v) is 4.94. The normalized spacial score (nSPS) is 14.4. The van der Waals surface area contributed by atoms with Crippen molar-refractivity contribution in [3.05, 3.63) is 59.2 Å². The van der Waals surface area contributed by atoms with Crippen LogP contribution < -0.4 is 9.47 Å². The lowest BCUT2D eigenvalue weighted by molar-refractivity contribution is 0.0761. The number of ether oxygens (including phenoxy) is 2. The number of carbonyl (C=O) groups excluding carboxylic acids is 2. The van der Waals surface area contributed by atoms with Crippen molar-refractivity contribution in [2.24, 2.45) is 0 Å². The molecular formula is C22H25NO4. The van der Waals surface area contributed by atoms with Gasteiger partial charge in [0.1, 0.15) is 11.5 Å². The zero-order valence-electron chi connectivity index (χ0n) is 15.9. The molecule has 0 unspecified atom stereocenters. The monoisotopic (exact) mass is 367 g/mol. The summed E-state index contributed by atoms with van der Waals surface area (Å²) in [6, 6.07) is 12.0. The Balaban J connectivity index is 1.80. The Bertz CT molecular complexity index is 806. The molecule has 0 aromatic heterocycles. The van der Waals surface area contributed by atoms with Gasteiger partial charge in [-0.2, -0.15) is 0 Å². The molecule has 1 heterocycles. The number of ketones is 1. The Kier molecular flexibility index (Phi) is 6.12. The first-order chi connectivity index (χ1) is 13.1. The standard InChI is InChI=1S/C22H25NO4/c1-26-18-11-12-20(27-2)19(15-18)21(24)16-7-9-17(10-8-16)22(25)23-13-5-3-4-6-14-23/h7-12,15H,3-6,13-14H2,1-2H3. The van der Waals surface area contributed by atoms with Crippen molar-refractivity contribution in [2.45, 2.75) is 25.7 Å². The number of benzene rings is 2. The van der Waals surface area contributed by atoms with E-state index in [1.165, 1.54) is 20.0 Å². The Morgan fingerprint density at radius 3 is 2.04 bits per heavy atom. The summed E-state index contributed by atoms with van der Waals surface area (Å²) in [4.78, 5) is 27.5. The van der Waals surface area contributed by atoms with E-state index in [9.17, 15) is 9.59 Å². The highest BCUT2D eigenvalue weighted by molar-refractivity contribution is 6.11. The van der Waals surface area contributed by atoms with Gasteiger partial charge in [-0.25, -0.2) is 0 Å². The van der Waals surface area contributed by atoms with Crippen molar-refractivity contribution in [1.82, 2.24) is 4.90 Å². The zero-order chi connectivity index (χ0) is 19.2. The minimum atomic E-state index is -0.167. The molecule has 0 atom stereocenters. The number of amides is 1. The molecule has 1 saturated heterocycles. The molecule has 0 bridgehead atoms. The zero-order valence-corrected chi connectivity index (χ0v) is 15.9. The lowest BCUT2D eigenvalue weighted by Gasteiger charge is -2.20. The van der Waals surface area contributed by atoms with Crippen LogP contribution in [0, 0.1) is 0 Å². The van der Waals surface area contributed by atoms with Crippen LogP contribution >= 0.6 is 0 Å². The van der Waals surface area contributed by atoms with Gasteiger partial charge < -0.3 is 14.4 Å². The molecule has 0 saturated carbocycles. The molecule has 1 amide bonds. The van der Waals surface area contributed by atoms with Gasteiger partial charge in [0.05, 0.1) is 19.8 Å². The van der Waals surface area contributed by atoms with Crippen molar-refractivity contribution in [3.63, 3.8) is 0 Å². The second-order valence-corrected chi connectivity index (χ2v) is 6.68. The summed E-state index contributed by atoms with van der Waals surface area (Å²) in [7, 11) is 3.08. The van der Waals surface area contributed by atoms with Crippen LogP contribution in [0.2, 0.25) is 0 Å². The number of methoxy groups -OCH3 is 2. The molecule has 5 heteroatoms. The predicted octanol–water partition coefficient (Wildman–Crippen LogP) is 3.95. The van der Waals surface area contributed by atoms with Crippen LogP contribution in [-0.4, -0.2) is 43.9 Å². The van der Waals surface area contributed by atoms with E-state index in [1.54, 1.807) is 49.6 Å². The molecule has 1 aliphatic heterocycles. The number of hydrogen-bond donors (Lipinski definition) is 0. The Labute approximate surface area is 159 Å². The van der Waals surface area contributed by atoms with Crippen LogP contribution in [0.15, 0.2) is 42.5 Å². The van der Waals surface area contributed by atoms with Gasteiger partial charge in [-0.15, -0.1) is 0 Å². The number of carbonyl (C=O) groups is 2. The first kappa shape index (κ1) is 19.0. The van der Waals surface area contributed by atoms with E-state index >= 15 is 0 Å². The summed E-state index contributed by atoms with van der Waals surface area (Å²) in [5.74, 6) is 0.951. The van der Waals surface area contributed by atoms with Gasteiger partial charge >= 0.3 is 0 Å². The first-order valence-corrected chi connectivity index (χ1v) is 9.30. The maximum absolute atomic E-state index is 12.9. The summed E-state index contributed by atoms with van der Waals surface area (Å²) >= 11 is 0. The molecule has 2 aromatic carbocycles. The van der Waals surface area contributed by atoms with Crippen LogP contribution in [0.4, 0.5) is 0 Å². The maximum atomic E-state index is 12.9. The van der Waals surface area contributed by atoms with Crippen molar-refractivity contribution < 1.29 is 19.1 Å². The molecule has 1 aliphatic rings. The van der Waals surface area contributed by atoms with Gasteiger partial charge in [-0.3, -0.25) is 9.59 Å². The fourth-order valence-electron chi connectivity index (χ4n) is 3.37. The Hall–Kier alpha value is -2.82. The van der Waals surface area contributed by atoms with Crippen LogP contribution in [0.1, 0.15) is 52.0 Å². The molecule has 1 fully saturated rings. The molecular weight excluding hydrogens is 342 g/mol. The molecule has 2 aromatic rings. The molecule has 27 heavy (non-hydrogen) atoms. The van der Waals surface area contributed by atoms with Crippen molar-refractivity contribution in [2.75, 3.05) is 27.3 Å². The summed E-state index contributed by atoms with van der Waals surface area (Å²) in [5.41, 5.74) is 1.56. The van der Waals surface area contributed by atoms with Gasteiger partial charge in [0.25, 0.3) is 5.91 Å². The summed E-state index contributed by atoms with van der Waals surface area (Å²) < 4.78 is 10.5. The number of rotatable bonds is 5. The fourth-order valence-corrected chi connectivity index (χ4v) is 3.37. The number of hydrogen-bond acceptors (Lipinski definition) is 4. The highest BCUT2D eigenvalue weighted by atomic mass is 16.5. The van der Waals surface area contributed by atoms with Crippen molar-refractivity contribution in [3.8, 4) is 11.5 Å². The molecule has 0 N–H and O–H groups in total. The lowest BCUT2D eigenvalue weighted by Crippen LogP contribution is -2.31. The summed E-state index contributed by atoms with van der Waals surface area (Å²) in [6.45, 7) is 1.61. The second kappa shape index (κ2) is 8.71. The predicted molar refractivity (Wildman–Crippen MR) is 104 cm³/mol. The van der Waals surface area contributed by atoms with E-state index in [4.69, 9.17) is 9.47 Å². The van der Waals surface area contributed by atoms with E-state index in [1.807, 2.05) is 4.90 Å².